The number of fused-ring (bicyclic) bond motifs is 1. The summed E-state index contributed by atoms with van der Waals surface area (Å²) < 4.78 is 0. The van der Waals surface area contributed by atoms with Crippen LogP contribution in [0.3, 0.4) is 0 Å². The molecule has 3 heterocycles. The highest BCUT2D eigenvalue weighted by Gasteiger charge is 2.23. The summed E-state index contributed by atoms with van der Waals surface area (Å²) in [5.41, 5.74) is 3.98. The lowest BCUT2D eigenvalue weighted by Gasteiger charge is -2.31. The van der Waals surface area contributed by atoms with Crippen molar-refractivity contribution < 1.29 is 0 Å². The first-order valence-electron chi connectivity index (χ1n) is 8.09. The van der Waals surface area contributed by atoms with Crippen molar-refractivity contribution in [1.82, 2.24) is 19.9 Å². The number of aromatic nitrogens is 3. The Morgan fingerprint density at radius 2 is 2.23 bits per heavy atom. The number of rotatable bonds is 3. The molecule has 2 N–H and O–H groups in total. The van der Waals surface area contributed by atoms with Gasteiger partial charge in [0.15, 0.2) is 0 Å². The number of para-hydroxylation sites is 1. The van der Waals surface area contributed by atoms with E-state index in [1.54, 1.807) is 0 Å². The van der Waals surface area contributed by atoms with E-state index in [1.807, 2.05) is 12.4 Å². The molecule has 0 bridgehead atoms. The van der Waals surface area contributed by atoms with Gasteiger partial charge in [-0.15, -0.1) is 0 Å². The number of imidazole rings is 1. The Hall–Kier alpha value is -2.07. The van der Waals surface area contributed by atoms with Gasteiger partial charge in [0, 0.05) is 48.0 Å². The highest BCUT2D eigenvalue weighted by Crippen LogP contribution is 2.27. The Balaban J connectivity index is 1.53. The molecule has 0 amide bonds. The van der Waals surface area contributed by atoms with Crippen molar-refractivity contribution in [1.29, 1.82) is 0 Å². The summed E-state index contributed by atoms with van der Waals surface area (Å²) in [5.74, 6) is 1.67. The van der Waals surface area contributed by atoms with E-state index in [4.69, 9.17) is 0 Å². The number of likely N-dealkylation sites (tertiary alicyclic amines) is 1. The van der Waals surface area contributed by atoms with Crippen LogP contribution in [0, 0.1) is 6.92 Å². The SMILES string of the molecule is Cc1c(CN2CCC[C@H](c3ncc[nH]3)C2)[nH]c2ccccc12. The fraction of sp³-hybridized carbons (Fsp3) is 0.389. The number of aryl methyl sites for hydroxylation is 1. The molecule has 2 aromatic heterocycles. The van der Waals surface area contributed by atoms with Crippen LogP contribution in [0.1, 0.15) is 35.8 Å². The Kier molecular flexibility index (Phi) is 3.47. The minimum atomic E-state index is 0.536. The summed E-state index contributed by atoms with van der Waals surface area (Å²) in [7, 11) is 0. The lowest BCUT2D eigenvalue weighted by atomic mass is 9.97. The molecule has 0 spiro atoms. The summed E-state index contributed by atoms with van der Waals surface area (Å²) in [6.07, 6.45) is 6.26. The number of nitrogens with one attached hydrogen (secondary N) is 2. The van der Waals surface area contributed by atoms with Gasteiger partial charge in [-0.1, -0.05) is 18.2 Å². The van der Waals surface area contributed by atoms with Crippen molar-refractivity contribution in [3.05, 3.63) is 53.7 Å². The molecule has 1 aromatic carbocycles. The molecular weight excluding hydrogens is 272 g/mol. The monoisotopic (exact) mass is 294 g/mol. The summed E-state index contributed by atoms with van der Waals surface area (Å²) in [5, 5.41) is 1.34. The molecule has 4 nitrogen and oxygen atoms in total. The van der Waals surface area contributed by atoms with Crippen molar-refractivity contribution >= 4 is 10.9 Å². The highest BCUT2D eigenvalue weighted by molar-refractivity contribution is 5.84. The Morgan fingerprint density at radius 3 is 3.05 bits per heavy atom. The van der Waals surface area contributed by atoms with Crippen LogP contribution in [0.4, 0.5) is 0 Å². The summed E-state index contributed by atoms with van der Waals surface area (Å²) in [6, 6.07) is 8.57. The third kappa shape index (κ3) is 2.44. The third-order valence-corrected chi connectivity index (χ3v) is 4.86. The first kappa shape index (κ1) is 13.6. The van der Waals surface area contributed by atoms with Gasteiger partial charge in [0.05, 0.1) is 0 Å². The van der Waals surface area contributed by atoms with E-state index in [0.29, 0.717) is 5.92 Å². The van der Waals surface area contributed by atoms with Crippen molar-refractivity contribution in [3.63, 3.8) is 0 Å². The second kappa shape index (κ2) is 5.61. The van der Waals surface area contributed by atoms with Gasteiger partial charge in [0.1, 0.15) is 5.82 Å². The standard InChI is InChI=1S/C18H22N4/c1-13-15-6-2-3-7-16(15)21-17(13)12-22-10-4-5-14(11-22)18-19-8-9-20-18/h2-3,6-9,14,21H,4-5,10-12H2,1H3,(H,19,20)/t14-/m0/s1. The molecular formula is C18H22N4. The van der Waals surface area contributed by atoms with Gasteiger partial charge in [0.25, 0.3) is 0 Å². The van der Waals surface area contributed by atoms with Crippen molar-refractivity contribution in [2.45, 2.75) is 32.2 Å². The van der Waals surface area contributed by atoms with Gasteiger partial charge in [0.2, 0.25) is 0 Å². The fourth-order valence-corrected chi connectivity index (χ4v) is 3.64. The van der Waals surface area contributed by atoms with Gasteiger partial charge in [-0.05, 0) is 37.9 Å². The second-order valence-electron chi connectivity index (χ2n) is 6.32. The maximum absolute atomic E-state index is 4.44. The number of nitrogens with zero attached hydrogens (tertiary/aromatic N) is 2. The number of piperidine rings is 1. The molecule has 1 fully saturated rings. The van der Waals surface area contributed by atoms with Crippen LogP contribution in [0.5, 0.6) is 0 Å². The largest absolute Gasteiger partial charge is 0.357 e. The van der Waals surface area contributed by atoms with Crippen molar-refractivity contribution in [2.75, 3.05) is 13.1 Å². The minimum absolute atomic E-state index is 0.536. The van der Waals surface area contributed by atoms with Gasteiger partial charge in [-0.2, -0.15) is 0 Å². The summed E-state index contributed by atoms with van der Waals surface area (Å²) in [4.78, 5) is 13.9. The molecule has 1 saturated heterocycles. The molecule has 1 aliphatic heterocycles. The predicted octanol–water partition coefficient (Wildman–Crippen LogP) is 3.58. The van der Waals surface area contributed by atoms with E-state index in [-0.39, 0.29) is 0 Å². The summed E-state index contributed by atoms with van der Waals surface area (Å²) >= 11 is 0. The zero-order chi connectivity index (χ0) is 14.9. The topological polar surface area (TPSA) is 47.7 Å². The molecule has 4 heteroatoms. The van der Waals surface area contributed by atoms with E-state index < -0.39 is 0 Å². The second-order valence-corrected chi connectivity index (χ2v) is 6.32. The molecule has 0 radical (unpaired) electrons. The third-order valence-electron chi connectivity index (χ3n) is 4.86. The molecule has 1 atom stereocenters. The maximum Gasteiger partial charge on any atom is 0.110 e. The number of benzene rings is 1. The van der Waals surface area contributed by atoms with E-state index in [1.165, 1.54) is 41.5 Å². The van der Waals surface area contributed by atoms with Crippen molar-refractivity contribution in [2.24, 2.45) is 0 Å². The lowest BCUT2D eigenvalue weighted by molar-refractivity contribution is 0.195. The number of hydrogen-bond donors (Lipinski definition) is 2. The molecule has 1 aliphatic rings. The molecule has 114 valence electrons. The van der Waals surface area contributed by atoms with Crippen LogP contribution in [0.2, 0.25) is 0 Å². The number of aromatic amines is 2. The smallest absolute Gasteiger partial charge is 0.110 e. The molecule has 0 saturated carbocycles. The van der Waals surface area contributed by atoms with E-state index in [9.17, 15) is 0 Å². The van der Waals surface area contributed by atoms with Crippen LogP contribution < -0.4 is 0 Å². The first-order chi connectivity index (χ1) is 10.8. The number of hydrogen-bond acceptors (Lipinski definition) is 2. The van der Waals surface area contributed by atoms with Crippen LogP contribution >= 0.6 is 0 Å². The van der Waals surface area contributed by atoms with Gasteiger partial charge >= 0.3 is 0 Å². The molecule has 22 heavy (non-hydrogen) atoms. The Morgan fingerprint density at radius 1 is 1.32 bits per heavy atom. The zero-order valence-corrected chi connectivity index (χ0v) is 13.0. The molecule has 4 rings (SSSR count). The predicted molar refractivity (Wildman–Crippen MR) is 88.9 cm³/mol. The van der Waals surface area contributed by atoms with Crippen LogP contribution in [-0.4, -0.2) is 32.9 Å². The van der Waals surface area contributed by atoms with Crippen LogP contribution in [0.25, 0.3) is 10.9 Å². The lowest BCUT2D eigenvalue weighted by Crippen LogP contribution is -2.34. The van der Waals surface area contributed by atoms with E-state index in [2.05, 4.69) is 51.0 Å². The highest BCUT2D eigenvalue weighted by atomic mass is 15.1. The Bertz CT molecular complexity index is 757. The fourth-order valence-electron chi connectivity index (χ4n) is 3.64. The van der Waals surface area contributed by atoms with Crippen molar-refractivity contribution in [3.8, 4) is 0 Å². The van der Waals surface area contributed by atoms with Crippen LogP contribution in [0.15, 0.2) is 36.7 Å². The van der Waals surface area contributed by atoms with Gasteiger partial charge in [-0.3, -0.25) is 4.90 Å². The molecule has 0 aliphatic carbocycles. The average Bonchev–Trinajstić information content (AvgIpc) is 3.18. The maximum atomic E-state index is 4.44. The van der Waals surface area contributed by atoms with E-state index in [0.717, 1.165) is 18.9 Å². The first-order valence-corrected chi connectivity index (χ1v) is 8.09. The summed E-state index contributed by atoms with van der Waals surface area (Å²) in [6.45, 7) is 5.48. The quantitative estimate of drug-likeness (QED) is 0.775. The Labute approximate surface area is 130 Å². The van der Waals surface area contributed by atoms with Crippen LogP contribution in [-0.2, 0) is 6.54 Å². The zero-order valence-electron chi connectivity index (χ0n) is 13.0. The minimum Gasteiger partial charge on any atom is -0.357 e. The number of H-pyrrole nitrogens is 2. The van der Waals surface area contributed by atoms with Gasteiger partial charge < -0.3 is 9.97 Å². The average molecular weight is 294 g/mol. The van der Waals surface area contributed by atoms with E-state index >= 15 is 0 Å². The van der Waals surface area contributed by atoms with Gasteiger partial charge in [-0.25, -0.2) is 4.98 Å². The molecule has 0 unspecified atom stereocenters. The normalized spacial score (nSPS) is 19.8. The molecule has 3 aromatic rings.